The molecule has 0 radical (unpaired) electrons. The molecule has 0 aliphatic carbocycles. The number of aryl methyl sites for hydroxylation is 1. The Balaban J connectivity index is 1.58. The van der Waals surface area contributed by atoms with Crippen LogP contribution >= 0.6 is 23.5 Å². The summed E-state index contributed by atoms with van der Waals surface area (Å²) < 4.78 is 7.70. The number of hydrogen-bond donors (Lipinski definition) is 0. The van der Waals surface area contributed by atoms with Crippen molar-refractivity contribution in [3.8, 4) is 5.75 Å². The number of thioether (sulfide) groups is 2. The Morgan fingerprint density at radius 2 is 1.21 bits per heavy atom. The molecule has 2 atom stereocenters. The first-order chi connectivity index (χ1) is 25.1. The SMILES string of the molecule is CCCCC(CC)CCc1cc(C(C)(C)C)c(OCC(CC)CCCC)c2c1SC(=C1C(=O)N(Cc3ccccc3)N(Cc3ccccc3)C1=O)S2. The third-order valence-corrected chi connectivity index (χ3v) is 13.3. The largest absolute Gasteiger partial charge is 0.492 e. The van der Waals surface area contributed by atoms with E-state index in [2.05, 4.69) is 54.5 Å². The van der Waals surface area contributed by atoms with Gasteiger partial charge in [-0.15, -0.1) is 0 Å². The molecule has 0 spiro atoms. The van der Waals surface area contributed by atoms with Crippen LogP contribution in [0.3, 0.4) is 0 Å². The minimum atomic E-state index is -0.233. The van der Waals surface area contributed by atoms with Gasteiger partial charge in [0.1, 0.15) is 11.3 Å². The molecule has 3 aromatic rings. The van der Waals surface area contributed by atoms with Gasteiger partial charge in [0.2, 0.25) is 0 Å². The molecule has 0 aromatic heterocycles. The maximum Gasteiger partial charge on any atom is 0.280 e. The molecule has 1 fully saturated rings. The summed E-state index contributed by atoms with van der Waals surface area (Å²) in [7, 11) is 0. The molecule has 2 amide bonds. The molecule has 3 aromatic carbocycles. The van der Waals surface area contributed by atoms with E-state index in [0.29, 0.717) is 31.5 Å². The summed E-state index contributed by atoms with van der Waals surface area (Å²) in [6.45, 7) is 17.3. The van der Waals surface area contributed by atoms with Crippen LogP contribution in [-0.2, 0) is 34.5 Å². The fourth-order valence-electron chi connectivity index (χ4n) is 7.15. The molecule has 7 heteroatoms. The van der Waals surface area contributed by atoms with E-state index in [1.807, 2.05) is 60.7 Å². The van der Waals surface area contributed by atoms with Crippen LogP contribution in [0.4, 0.5) is 0 Å². The Hall–Kier alpha value is -3.16. The van der Waals surface area contributed by atoms with Crippen LogP contribution in [0.1, 0.15) is 129 Å². The molecule has 0 saturated carbocycles. The summed E-state index contributed by atoms with van der Waals surface area (Å²) in [5.74, 6) is 1.64. The maximum atomic E-state index is 14.5. The Kier molecular flexibility index (Phi) is 14.4. The second-order valence-electron chi connectivity index (χ2n) is 15.6. The topological polar surface area (TPSA) is 49.9 Å². The van der Waals surface area contributed by atoms with Crippen molar-refractivity contribution >= 4 is 35.3 Å². The number of carbonyl (C=O) groups is 2. The molecule has 0 N–H and O–H groups in total. The third kappa shape index (κ3) is 9.68. The van der Waals surface area contributed by atoms with Gasteiger partial charge in [0.05, 0.1) is 28.8 Å². The molecule has 2 aliphatic rings. The molecule has 52 heavy (non-hydrogen) atoms. The second-order valence-corrected chi connectivity index (χ2v) is 17.9. The molecule has 280 valence electrons. The van der Waals surface area contributed by atoms with E-state index >= 15 is 0 Å². The number of hydrogen-bond acceptors (Lipinski definition) is 5. The van der Waals surface area contributed by atoms with Crippen molar-refractivity contribution in [2.75, 3.05) is 6.61 Å². The quantitative estimate of drug-likeness (QED) is 0.0960. The minimum absolute atomic E-state index is 0.143. The minimum Gasteiger partial charge on any atom is -0.492 e. The molecule has 2 aliphatic heterocycles. The van der Waals surface area contributed by atoms with Crippen molar-refractivity contribution in [1.82, 2.24) is 10.0 Å². The van der Waals surface area contributed by atoms with Gasteiger partial charge in [-0.3, -0.25) is 9.59 Å². The Labute approximate surface area is 322 Å². The van der Waals surface area contributed by atoms with Gasteiger partial charge in [0.25, 0.3) is 11.8 Å². The number of hydrazine groups is 1. The van der Waals surface area contributed by atoms with Crippen molar-refractivity contribution in [2.24, 2.45) is 11.8 Å². The highest BCUT2D eigenvalue weighted by Crippen LogP contribution is 2.60. The predicted molar refractivity (Wildman–Crippen MR) is 218 cm³/mol. The summed E-state index contributed by atoms with van der Waals surface area (Å²) in [6, 6.07) is 22.3. The predicted octanol–water partition coefficient (Wildman–Crippen LogP) is 12.1. The fraction of sp³-hybridized carbons (Fsp3) is 0.511. The molecule has 2 heterocycles. The zero-order chi connectivity index (χ0) is 37.3. The average molecular weight is 741 g/mol. The van der Waals surface area contributed by atoms with Crippen LogP contribution in [0, 0.1) is 11.8 Å². The van der Waals surface area contributed by atoms with E-state index in [1.165, 1.54) is 54.5 Å². The molecule has 1 saturated heterocycles. The molecular weight excluding hydrogens is 681 g/mol. The normalized spacial score (nSPS) is 15.8. The number of carbonyl (C=O) groups excluding carboxylic acids is 2. The van der Waals surface area contributed by atoms with Crippen molar-refractivity contribution in [2.45, 2.75) is 141 Å². The first-order valence-electron chi connectivity index (χ1n) is 19.7. The molecule has 2 unspecified atom stereocenters. The standard InChI is InChI=1S/C45H60N2O3S2/c1-8-12-20-32(10-3)26-27-36-28-37(45(5,6)7)39(50-31-33(11-4)21-13-9-2)41-40(36)51-44(52-41)38-42(48)46(29-34-22-16-14-17-23-34)47(43(38)49)30-35-24-18-15-19-25-35/h14-19,22-25,28,32-33H,8-13,20-21,26-27,29-31H2,1-7H3. The van der Waals surface area contributed by atoms with Gasteiger partial charge in [-0.05, 0) is 53.2 Å². The first kappa shape index (κ1) is 40.0. The van der Waals surface area contributed by atoms with E-state index in [-0.39, 0.29) is 22.8 Å². The van der Waals surface area contributed by atoms with Gasteiger partial charge in [-0.1, -0.05) is 184 Å². The van der Waals surface area contributed by atoms with Gasteiger partial charge in [0.15, 0.2) is 0 Å². The van der Waals surface area contributed by atoms with Crippen molar-refractivity contribution < 1.29 is 14.3 Å². The van der Waals surface area contributed by atoms with Crippen LogP contribution in [0.25, 0.3) is 0 Å². The van der Waals surface area contributed by atoms with Crippen molar-refractivity contribution in [3.05, 3.63) is 98.8 Å². The van der Waals surface area contributed by atoms with Gasteiger partial charge >= 0.3 is 0 Å². The molecule has 0 bridgehead atoms. The van der Waals surface area contributed by atoms with E-state index in [0.717, 1.165) is 51.7 Å². The number of amides is 2. The summed E-state index contributed by atoms with van der Waals surface area (Å²) in [5.41, 5.74) is 4.63. The van der Waals surface area contributed by atoms with Crippen molar-refractivity contribution in [1.29, 1.82) is 0 Å². The average Bonchev–Trinajstić information content (AvgIpc) is 3.67. The maximum absolute atomic E-state index is 14.5. The Morgan fingerprint density at radius 3 is 1.71 bits per heavy atom. The van der Waals surface area contributed by atoms with Crippen LogP contribution in [-0.4, -0.2) is 28.4 Å². The number of unbranched alkanes of at least 4 members (excludes halogenated alkanes) is 2. The summed E-state index contributed by atoms with van der Waals surface area (Å²) in [5, 5.41) is 3.30. The lowest BCUT2D eigenvalue weighted by atomic mass is 9.84. The van der Waals surface area contributed by atoms with Gasteiger partial charge in [-0.2, -0.15) is 0 Å². The number of fused-ring (bicyclic) bond motifs is 1. The van der Waals surface area contributed by atoms with E-state index in [4.69, 9.17) is 4.74 Å². The summed E-state index contributed by atoms with van der Waals surface area (Å²) in [4.78, 5) is 31.3. The number of nitrogens with zero attached hydrogens (tertiary/aromatic N) is 2. The number of rotatable bonds is 18. The van der Waals surface area contributed by atoms with Crippen LogP contribution < -0.4 is 4.74 Å². The summed E-state index contributed by atoms with van der Waals surface area (Å²) in [6.07, 6.45) is 11.6. The fourth-order valence-corrected chi connectivity index (χ4v) is 9.95. The highest BCUT2D eigenvalue weighted by Gasteiger charge is 2.45. The van der Waals surface area contributed by atoms with Gasteiger partial charge < -0.3 is 4.74 Å². The lowest BCUT2D eigenvalue weighted by Gasteiger charge is -2.27. The van der Waals surface area contributed by atoms with E-state index in [1.54, 1.807) is 33.5 Å². The van der Waals surface area contributed by atoms with E-state index < -0.39 is 0 Å². The molecular formula is C45H60N2O3S2. The monoisotopic (exact) mass is 740 g/mol. The Morgan fingerprint density at radius 1 is 0.692 bits per heavy atom. The lowest BCUT2D eigenvalue weighted by Crippen LogP contribution is -2.39. The lowest BCUT2D eigenvalue weighted by molar-refractivity contribution is -0.149. The first-order valence-corrected chi connectivity index (χ1v) is 21.4. The molecule has 5 nitrogen and oxygen atoms in total. The summed E-state index contributed by atoms with van der Waals surface area (Å²) >= 11 is 3.20. The van der Waals surface area contributed by atoms with Gasteiger partial charge in [-0.25, -0.2) is 10.0 Å². The van der Waals surface area contributed by atoms with Gasteiger partial charge in [0, 0.05) is 10.5 Å². The van der Waals surface area contributed by atoms with Crippen LogP contribution in [0.5, 0.6) is 5.75 Å². The van der Waals surface area contributed by atoms with Crippen LogP contribution in [0.15, 0.2) is 86.3 Å². The highest BCUT2D eigenvalue weighted by atomic mass is 32.2. The zero-order valence-electron chi connectivity index (χ0n) is 32.6. The Bertz CT molecular complexity index is 1620. The zero-order valence-corrected chi connectivity index (χ0v) is 34.3. The highest BCUT2D eigenvalue weighted by molar-refractivity contribution is 8.24. The molecule has 5 rings (SSSR count). The smallest absolute Gasteiger partial charge is 0.280 e. The number of ether oxygens (including phenoxy) is 1. The number of benzene rings is 3. The third-order valence-electron chi connectivity index (χ3n) is 10.6. The van der Waals surface area contributed by atoms with Crippen molar-refractivity contribution in [3.63, 3.8) is 0 Å². The second kappa shape index (κ2) is 18.7. The van der Waals surface area contributed by atoms with E-state index in [9.17, 15) is 9.59 Å². The van der Waals surface area contributed by atoms with Crippen LogP contribution in [0.2, 0.25) is 0 Å².